The number of Topliss-reactive ketones (excluding diaryl/α,β-unsaturated/α-hetero) is 1. The van der Waals surface area contributed by atoms with Gasteiger partial charge in [0.1, 0.15) is 5.78 Å². The number of carbonyl (C=O) groups excluding carboxylic acids is 1. The third-order valence-electron chi connectivity index (χ3n) is 4.26. The average Bonchev–Trinajstić information content (AvgIpc) is 2.38. The first-order chi connectivity index (χ1) is 8.72. The van der Waals surface area contributed by atoms with Crippen LogP contribution in [0.2, 0.25) is 0 Å². The summed E-state index contributed by atoms with van der Waals surface area (Å²) in [6.07, 6.45) is 9.66. The third-order valence-corrected chi connectivity index (χ3v) is 4.26. The molecular weight excluding hydrogens is 222 g/mol. The summed E-state index contributed by atoms with van der Waals surface area (Å²) < 4.78 is 0. The second-order valence-electron chi connectivity index (χ2n) is 5.51. The zero-order chi connectivity index (χ0) is 13.0. The quantitative estimate of drug-likeness (QED) is 0.710. The number of allylic oxidation sites excluding steroid dienone is 2. The monoisotopic (exact) mass is 245 g/mol. The van der Waals surface area contributed by atoms with Crippen molar-refractivity contribution in [1.82, 2.24) is 4.90 Å². The Morgan fingerprint density at radius 1 is 1.33 bits per heavy atom. The number of nitrogens with zero attached hydrogens (tertiary/aromatic N) is 1. The summed E-state index contributed by atoms with van der Waals surface area (Å²) >= 11 is 0. The smallest absolute Gasteiger partial charge is 0.133 e. The number of piperidine rings is 1. The number of ketones is 1. The van der Waals surface area contributed by atoms with E-state index in [1.165, 1.54) is 12.0 Å². The van der Waals surface area contributed by atoms with E-state index in [1.54, 1.807) is 0 Å². The molecule has 0 N–H and O–H groups in total. The molecule has 0 spiro atoms. The lowest BCUT2D eigenvalue weighted by atomic mass is 9.74. The first-order valence-corrected chi connectivity index (χ1v) is 6.91. The van der Waals surface area contributed by atoms with Crippen LogP contribution in [0.1, 0.15) is 25.7 Å². The summed E-state index contributed by atoms with van der Waals surface area (Å²) in [7, 11) is 0. The lowest BCUT2D eigenvalue weighted by Gasteiger charge is -2.40. The molecule has 1 aliphatic carbocycles. The Morgan fingerprint density at radius 3 is 2.89 bits per heavy atom. The second kappa shape index (κ2) is 6.14. The summed E-state index contributed by atoms with van der Waals surface area (Å²) in [6, 6.07) is 0. The molecule has 2 fully saturated rings. The lowest BCUT2D eigenvalue weighted by molar-refractivity contribution is -0.123. The standard InChI is InChI=1S/C16H23NO/c1-3-5-13(4-2)11-17-9-8-14-10-16(18)7-6-15(14)12-17/h3-5,14-15H,1-2,6-12H2/b13-5+. The number of hydrogen-bond acceptors (Lipinski definition) is 2. The van der Waals surface area contributed by atoms with Crippen molar-refractivity contribution in [3.05, 3.63) is 37.0 Å². The summed E-state index contributed by atoms with van der Waals surface area (Å²) in [5.74, 6) is 1.85. The highest BCUT2D eigenvalue weighted by Crippen LogP contribution is 2.34. The topological polar surface area (TPSA) is 20.3 Å². The van der Waals surface area contributed by atoms with Gasteiger partial charge in [0, 0.05) is 25.9 Å². The first-order valence-electron chi connectivity index (χ1n) is 6.91. The molecule has 0 radical (unpaired) electrons. The Balaban J connectivity index is 1.91. The maximum atomic E-state index is 11.5. The highest BCUT2D eigenvalue weighted by Gasteiger charge is 2.33. The van der Waals surface area contributed by atoms with Crippen molar-refractivity contribution in [1.29, 1.82) is 0 Å². The van der Waals surface area contributed by atoms with E-state index in [-0.39, 0.29) is 0 Å². The van der Waals surface area contributed by atoms with Gasteiger partial charge >= 0.3 is 0 Å². The molecule has 1 saturated heterocycles. The maximum absolute atomic E-state index is 11.5. The average molecular weight is 245 g/mol. The highest BCUT2D eigenvalue weighted by atomic mass is 16.1. The van der Waals surface area contributed by atoms with E-state index in [9.17, 15) is 4.79 Å². The van der Waals surface area contributed by atoms with Crippen molar-refractivity contribution in [2.75, 3.05) is 19.6 Å². The molecule has 1 aliphatic heterocycles. The van der Waals surface area contributed by atoms with Crippen molar-refractivity contribution in [3.63, 3.8) is 0 Å². The van der Waals surface area contributed by atoms with Crippen molar-refractivity contribution >= 4 is 5.78 Å². The van der Waals surface area contributed by atoms with E-state index in [0.717, 1.165) is 44.8 Å². The predicted octanol–water partition coefficient (Wildman–Crippen LogP) is 2.98. The van der Waals surface area contributed by atoms with E-state index in [1.807, 2.05) is 18.2 Å². The number of fused-ring (bicyclic) bond motifs is 1. The molecule has 2 aliphatic rings. The van der Waals surface area contributed by atoms with E-state index in [2.05, 4.69) is 18.1 Å². The zero-order valence-electron chi connectivity index (χ0n) is 11.1. The molecule has 2 nitrogen and oxygen atoms in total. The van der Waals surface area contributed by atoms with Gasteiger partial charge in [-0.15, -0.1) is 0 Å². The lowest BCUT2D eigenvalue weighted by Crippen LogP contribution is -2.43. The van der Waals surface area contributed by atoms with E-state index < -0.39 is 0 Å². The minimum Gasteiger partial charge on any atom is -0.300 e. The largest absolute Gasteiger partial charge is 0.300 e. The van der Waals surface area contributed by atoms with Gasteiger partial charge < -0.3 is 0 Å². The van der Waals surface area contributed by atoms with Crippen molar-refractivity contribution in [2.45, 2.75) is 25.7 Å². The highest BCUT2D eigenvalue weighted by molar-refractivity contribution is 5.79. The number of likely N-dealkylation sites (tertiary alicyclic amines) is 1. The van der Waals surface area contributed by atoms with Gasteiger partial charge in [-0.1, -0.05) is 31.4 Å². The normalized spacial score (nSPS) is 29.8. The van der Waals surface area contributed by atoms with Crippen LogP contribution in [0.15, 0.2) is 37.0 Å². The molecule has 1 saturated carbocycles. The van der Waals surface area contributed by atoms with Crippen molar-refractivity contribution in [2.24, 2.45) is 11.8 Å². The minimum atomic E-state index is 0.475. The van der Waals surface area contributed by atoms with Gasteiger partial charge in [-0.25, -0.2) is 0 Å². The predicted molar refractivity (Wildman–Crippen MR) is 75.4 cm³/mol. The molecule has 0 amide bonds. The summed E-state index contributed by atoms with van der Waals surface area (Å²) in [6.45, 7) is 10.8. The molecule has 2 heteroatoms. The SMILES string of the molecule is C=C/C=C(\C=C)CN1CCC2CC(=O)CCC2C1. The Labute approximate surface area is 110 Å². The van der Waals surface area contributed by atoms with Gasteiger partial charge in [0.05, 0.1) is 0 Å². The minimum absolute atomic E-state index is 0.475. The van der Waals surface area contributed by atoms with Crippen molar-refractivity contribution < 1.29 is 4.79 Å². The fourth-order valence-corrected chi connectivity index (χ4v) is 3.23. The van der Waals surface area contributed by atoms with E-state index >= 15 is 0 Å². The fourth-order valence-electron chi connectivity index (χ4n) is 3.23. The summed E-state index contributed by atoms with van der Waals surface area (Å²) in [5.41, 5.74) is 1.23. The van der Waals surface area contributed by atoms with Crippen LogP contribution in [0.4, 0.5) is 0 Å². The van der Waals surface area contributed by atoms with Gasteiger partial charge in [0.25, 0.3) is 0 Å². The number of rotatable bonds is 4. The number of hydrogen-bond donors (Lipinski definition) is 0. The zero-order valence-corrected chi connectivity index (χ0v) is 11.1. The van der Waals surface area contributed by atoms with Crippen LogP contribution in [0, 0.1) is 11.8 Å². The Kier molecular flexibility index (Phi) is 4.54. The van der Waals surface area contributed by atoms with Gasteiger partial charge in [0.2, 0.25) is 0 Å². The summed E-state index contributed by atoms with van der Waals surface area (Å²) in [5, 5.41) is 0. The van der Waals surface area contributed by atoms with Crippen LogP contribution in [0.5, 0.6) is 0 Å². The maximum Gasteiger partial charge on any atom is 0.133 e. The van der Waals surface area contributed by atoms with Crippen LogP contribution in [-0.4, -0.2) is 30.3 Å². The van der Waals surface area contributed by atoms with Gasteiger partial charge in [-0.05, 0) is 36.8 Å². The molecule has 0 aromatic heterocycles. The van der Waals surface area contributed by atoms with Gasteiger partial charge in [0.15, 0.2) is 0 Å². The van der Waals surface area contributed by atoms with Gasteiger partial charge in [-0.3, -0.25) is 9.69 Å². The molecular formula is C16H23NO. The molecule has 0 aromatic rings. The van der Waals surface area contributed by atoms with E-state index in [0.29, 0.717) is 11.7 Å². The molecule has 0 aromatic carbocycles. The Hall–Kier alpha value is -1.15. The van der Waals surface area contributed by atoms with E-state index in [4.69, 9.17) is 0 Å². The fraction of sp³-hybridized carbons (Fsp3) is 0.562. The summed E-state index contributed by atoms with van der Waals surface area (Å²) in [4.78, 5) is 14.0. The van der Waals surface area contributed by atoms with Crippen LogP contribution < -0.4 is 0 Å². The molecule has 0 bridgehead atoms. The molecule has 2 atom stereocenters. The van der Waals surface area contributed by atoms with Crippen LogP contribution in [-0.2, 0) is 4.79 Å². The van der Waals surface area contributed by atoms with Crippen molar-refractivity contribution in [3.8, 4) is 0 Å². The van der Waals surface area contributed by atoms with Crippen LogP contribution >= 0.6 is 0 Å². The molecule has 18 heavy (non-hydrogen) atoms. The first kappa shape index (κ1) is 13.3. The molecule has 2 unspecified atom stereocenters. The molecule has 98 valence electrons. The third kappa shape index (κ3) is 3.20. The van der Waals surface area contributed by atoms with Crippen LogP contribution in [0.3, 0.4) is 0 Å². The van der Waals surface area contributed by atoms with Crippen LogP contribution in [0.25, 0.3) is 0 Å². The Morgan fingerprint density at radius 2 is 2.17 bits per heavy atom. The molecule has 2 rings (SSSR count). The number of carbonyl (C=O) groups is 1. The van der Waals surface area contributed by atoms with Gasteiger partial charge in [-0.2, -0.15) is 0 Å². The Bertz CT molecular complexity index is 369. The molecule has 1 heterocycles. The second-order valence-corrected chi connectivity index (χ2v) is 5.51.